The van der Waals surface area contributed by atoms with E-state index in [1.54, 1.807) is 6.08 Å². The molecule has 2 heteroatoms. The first kappa shape index (κ1) is 10.5. The van der Waals surface area contributed by atoms with Crippen molar-refractivity contribution in [3.63, 3.8) is 0 Å². The Morgan fingerprint density at radius 1 is 1.58 bits per heavy atom. The van der Waals surface area contributed by atoms with Crippen LogP contribution in [0, 0.1) is 12.3 Å². The Morgan fingerprint density at radius 2 is 2.25 bits per heavy atom. The molecule has 0 unspecified atom stereocenters. The number of hydrogen-bond donors (Lipinski definition) is 0. The highest BCUT2D eigenvalue weighted by Gasteiger charge is 1.93. The van der Waals surface area contributed by atoms with E-state index in [-0.39, 0.29) is 12.6 Å². The summed E-state index contributed by atoms with van der Waals surface area (Å²) < 4.78 is 4.76. The maximum absolute atomic E-state index is 10.8. The fourth-order valence-electron chi connectivity index (χ4n) is 0.524. The third-order valence-electron chi connectivity index (χ3n) is 0.942. The highest BCUT2D eigenvalue weighted by Crippen LogP contribution is 1.90. The molecule has 0 aliphatic heterocycles. The van der Waals surface area contributed by atoms with E-state index in [4.69, 9.17) is 11.2 Å². The number of carbonyl (C=O) groups excluding carboxylic acids is 1. The van der Waals surface area contributed by atoms with Gasteiger partial charge in [0.2, 0.25) is 0 Å². The average molecular weight is 164 g/mol. The second-order valence-corrected chi connectivity index (χ2v) is 2.42. The molecule has 0 radical (unpaired) electrons. The van der Waals surface area contributed by atoms with Gasteiger partial charge in [0.05, 0.1) is 0 Å². The first-order valence-corrected chi connectivity index (χ1v) is 3.59. The van der Waals surface area contributed by atoms with Crippen molar-refractivity contribution in [2.24, 2.45) is 0 Å². The third kappa shape index (κ3) is 6.63. The molecule has 0 aromatic carbocycles. The normalized spacial score (nSPS) is 9.08. The lowest BCUT2D eigenvalue weighted by Gasteiger charge is -1.95. The summed E-state index contributed by atoms with van der Waals surface area (Å²) in [5, 5.41) is 0. The summed E-state index contributed by atoms with van der Waals surface area (Å²) in [5.41, 5.74) is 0.918. The number of hydrogen-bond acceptors (Lipinski definition) is 2. The van der Waals surface area contributed by atoms with Gasteiger partial charge in [0.25, 0.3) is 0 Å². The van der Waals surface area contributed by atoms with Crippen LogP contribution in [0.3, 0.4) is 0 Å². The molecule has 0 rings (SSSR count). The zero-order valence-electron chi connectivity index (χ0n) is 7.33. The largest absolute Gasteiger partial charge is 0.458 e. The Labute approximate surface area is 72.9 Å². The molecule has 0 bridgehead atoms. The van der Waals surface area contributed by atoms with Gasteiger partial charge in [-0.2, -0.15) is 0 Å². The zero-order chi connectivity index (χ0) is 9.40. The second kappa shape index (κ2) is 6.23. The van der Waals surface area contributed by atoms with Crippen LogP contribution in [0.5, 0.6) is 0 Å². The van der Waals surface area contributed by atoms with E-state index in [0.29, 0.717) is 0 Å². The highest BCUT2D eigenvalue weighted by atomic mass is 16.5. The van der Waals surface area contributed by atoms with Crippen molar-refractivity contribution >= 4 is 5.97 Å². The molecule has 0 fully saturated rings. The van der Waals surface area contributed by atoms with Gasteiger partial charge >= 0.3 is 5.97 Å². The van der Waals surface area contributed by atoms with Crippen molar-refractivity contribution in [3.05, 3.63) is 23.8 Å². The maximum atomic E-state index is 10.8. The van der Waals surface area contributed by atoms with Crippen LogP contribution >= 0.6 is 0 Å². The number of rotatable bonds is 3. The molecule has 0 aromatic heterocycles. The minimum Gasteiger partial charge on any atom is -0.458 e. The van der Waals surface area contributed by atoms with Crippen molar-refractivity contribution in [3.8, 4) is 12.3 Å². The molecule has 0 spiro atoms. The first-order chi connectivity index (χ1) is 5.66. The van der Waals surface area contributed by atoms with E-state index in [0.717, 1.165) is 5.57 Å². The average Bonchev–Trinajstić information content (AvgIpc) is 1.97. The summed E-state index contributed by atoms with van der Waals surface area (Å²) in [7, 11) is 0. The lowest BCUT2D eigenvalue weighted by atomic mass is 10.3. The van der Waals surface area contributed by atoms with E-state index in [9.17, 15) is 4.79 Å². The van der Waals surface area contributed by atoms with Crippen LogP contribution < -0.4 is 0 Å². The molecule has 0 saturated carbocycles. The monoisotopic (exact) mass is 164 g/mol. The molecule has 64 valence electrons. The van der Waals surface area contributed by atoms with Crippen molar-refractivity contribution in [1.82, 2.24) is 0 Å². The molecule has 0 aliphatic rings. The van der Waals surface area contributed by atoms with Gasteiger partial charge in [-0.05, 0) is 26.0 Å². The number of esters is 1. The van der Waals surface area contributed by atoms with Crippen molar-refractivity contribution < 1.29 is 9.53 Å². The minimum absolute atomic E-state index is 0.229. The Hall–Kier alpha value is -1.49. The van der Waals surface area contributed by atoms with E-state index >= 15 is 0 Å². The van der Waals surface area contributed by atoms with Gasteiger partial charge in [-0.25, -0.2) is 4.79 Å². The Kier molecular flexibility index (Phi) is 5.46. The summed E-state index contributed by atoms with van der Waals surface area (Å²) in [6.07, 6.45) is 9.47. The molecule has 2 nitrogen and oxygen atoms in total. The van der Waals surface area contributed by atoms with E-state index in [2.05, 4.69) is 5.92 Å². The lowest BCUT2D eigenvalue weighted by Crippen LogP contribution is -2.00. The Bertz CT molecular complexity index is 237. The van der Waals surface area contributed by atoms with Gasteiger partial charge in [0.15, 0.2) is 0 Å². The number of terminal acetylenes is 1. The van der Waals surface area contributed by atoms with Gasteiger partial charge in [0.1, 0.15) is 6.61 Å². The fraction of sp³-hybridized carbons (Fsp3) is 0.300. The lowest BCUT2D eigenvalue weighted by molar-refractivity contribution is -0.136. The smallest absolute Gasteiger partial charge is 0.330 e. The van der Waals surface area contributed by atoms with Crippen LogP contribution in [0.2, 0.25) is 0 Å². The molecular weight excluding hydrogens is 152 g/mol. The summed E-state index contributed by atoms with van der Waals surface area (Å²) >= 11 is 0. The van der Waals surface area contributed by atoms with Crippen LogP contribution in [0.1, 0.15) is 13.8 Å². The molecule has 0 aromatic rings. The summed E-state index contributed by atoms with van der Waals surface area (Å²) in [6, 6.07) is 0. The van der Waals surface area contributed by atoms with Gasteiger partial charge in [-0.15, -0.1) is 6.42 Å². The molecule has 12 heavy (non-hydrogen) atoms. The van der Waals surface area contributed by atoms with Crippen molar-refractivity contribution in [2.75, 3.05) is 6.61 Å². The van der Waals surface area contributed by atoms with Crippen LogP contribution in [0.25, 0.3) is 0 Å². The van der Waals surface area contributed by atoms with Crippen LogP contribution in [0.4, 0.5) is 0 Å². The van der Waals surface area contributed by atoms with Crippen molar-refractivity contribution in [1.29, 1.82) is 0 Å². The van der Waals surface area contributed by atoms with E-state index in [1.165, 1.54) is 12.2 Å². The van der Waals surface area contributed by atoms with Crippen LogP contribution in [-0.2, 0) is 9.53 Å². The van der Waals surface area contributed by atoms with E-state index < -0.39 is 0 Å². The minimum atomic E-state index is -0.336. The second-order valence-electron chi connectivity index (χ2n) is 2.42. The van der Waals surface area contributed by atoms with Gasteiger partial charge in [-0.1, -0.05) is 11.5 Å². The van der Waals surface area contributed by atoms with Crippen molar-refractivity contribution in [2.45, 2.75) is 13.8 Å². The van der Waals surface area contributed by atoms with E-state index in [1.807, 2.05) is 13.8 Å². The SMILES string of the molecule is C#CC=CCOC(=O)C=C(C)C. The third-order valence-corrected chi connectivity index (χ3v) is 0.942. The molecule has 0 heterocycles. The fourth-order valence-corrected chi connectivity index (χ4v) is 0.524. The van der Waals surface area contributed by atoms with Crippen LogP contribution in [-0.4, -0.2) is 12.6 Å². The van der Waals surface area contributed by atoms with Gasteiger partial charge in [-0.3, -0.25) is 0 Å². The van der Waals surface area contributed by atoms with Gasteiger partial charge < -0.3 is 4.74 Å². The molecule has 0 saturated heterocycles. The maximum Gasteiger partial charge on any atom is 0.330 e. The van der Waals surface area contributed by atoms with Gasteiger partial charge in [0, 0.05) is 6.08 Å². The Balaban J connectivity index is 3.67. The molecule has 0 aliphatic carbocycles. The summed E-state index contributed by atoms with van der Waals surface area (Å²) in [4.78, 5) is 10.8. The number of carbonyl (C=O) groups is 1. The molecule has 0 atom stereocenters. The molecule has 0 amide bonds. The topological polar surface area (TPSA) is 26.3 Å². The standard InChI is InChI=1S/C10H12O2/c1-4-5-6-7-12-10(11)8-9(2)3/h1,5-6,8H,7H2,2-3H3. The molecular formula is C10H12O2. The number of ether oxygens (including phenoxy) is 1. The highest BCUT2D eigenvalue weighted by molar-refractivity contribution is 5.82. The summed E-state index contributed by atoms with van der Waals surface area (Å²) in [6.45, 7) is 3.89. The predicted octanol–water partition coefficient (Wildman–Crippen LogP) is 1.69. The predicted molar refractivity (Wildman–Crippen MR) is 48.4 cm³/mol. The first-order valence-electron chi connectivity index (χ1n) is 3.59. The number of allylic oxidation sites excluding steroid dienone is 2. The summed E-state index contributed by atoms with van der Waals surface area (Å²) in [5.74, 6) is 1.96. The molecule has 0 N–H and O–H groups in total. The Morgan fingerprint density at radius 3 is 2.75 bits per heavy atom. The van der Waals surface area contributed by atoms with Crippen LogP contribution in [0.15, 0.2) is 23.8 Å². The zero-order valence-corrected chi connectivity index (χ0v) is 7.33. The quantitative estimate of drug-likeness (QED) is 0.360.